The van der Waals surface area contributed by atoms with Crippen LogP contribution in [0, 0.1) is 13.8 Å². The van der Waals surface area contributed by atoms with Crippen LogP contribution in [0.15, 0.2) is 18.2 Å². The van der Waals surface area contributed by atoms with Gasteiger partial charge in [-0.1, -0.05) is 23.8 Å². The molecule has 3 nitrogen and oxygen atoms in total. The Labute approximate surface area is 96.8 Å². The SMILES string of the molecule is COCCNCC(=O)c1ccc(C)cc1C. The molecule has 0 aromatic heterocycles. The number of carbonyl (C=O) groups is 1. The lowest BCUT2D eigenvalue weighted by atomic mass is 10.0. The predicted octanol–water partition coefficient (Wildman–Crippen LogP) is 1.72. The molecule has 1 rings (SSSR count). The fraction of sp³-hybridized carbons (Fsp3) is 0.462. The maximum Gasteiger partial charge on any atom is 0.176 e. The largest absolute Gasteiger partial charge is 0.383 e. The molecule has 0 unspecified atom stereocenters. The van der Waals surface area contributed by atoms with E-state index >= 15 is 0 Å². The number of ketones is 1. The zero-order valence-electron chi connectivity index (χ0n) is 10.2. The van der Waals surface area contributed by atoms with Crippen LogP contribution in [0.3, 0.4) is 0 Å². The lowest BCUT2D eigenvalue weighted by Gasteiger charge is -2.07. The van der Waals surface area contributed by atoms with Gasteiger partial charge in [-0.05, 0) is 19.4 Å². The average molecular weight is 221 g/mol. The van der Waals surface area contributed by atoms with Crippen LogP contribution < -0.4 is 5.32 Å². The summed E-state index contributed by atoms with van der Waals surface area (Å²) < 4.78 is 4.90. The van der Waals surface area contributed by atoms with E-state index in [0.29, 0.717) is 19.7 Å². The molecule has 0 heterocycles. The summed E-state index contributed by atoms with van der Waals surface area (Å²) in [5, 5.41) is 3.05. The van der Waals surface area contributed by atoms with Crippen LogP contribution in [0.2, 0.25) is 0 Å². The Morgan fingerprint density at radius 1 is 1.38 bits per heavy atom. The number of nitrogens with one attached hydrogen (secondary N) is 1. The minimum absolute atomic E-state index is 0.133. The van der Waals surface area contributed by atoms with Gasteiger partial charge in [0.05, 0.1) is 13.2 Å². The van der Waals surface area contributed by atoms with Gasteiger partial charge in [-0.3, -0.25) is 4.79 Å². The number of benzene rings is 1. The van der Waals surface area contributed by atoms with Crippen molar-refractivity contribution in [3.8, 4) is 0 Å². The van der Waals surface area contributed by atoms with Crippen LogP contribution >= 0.6 is 0 Å². The minimum atomic E-state index is 0.133. The number of hydrogen-bond acceptors (Lipinski definition) is 3. The van der Waals surface area contributed by atoms with E-state index in [4.69, 9.17) is 4.74 Å². The summed E-state index contributed by atoms with van der Waals surface area (Å²) in [4.78, 5) is 11.8. The van der Waals surface area contributed by atoms with Gasteiger partial charge < -0.3 is 10.1 Å². The number of aryl methyl sites for hydroxylation is 2. The van der Waals surface area contributed by atoms with Crippen molar-refractivity contribution in [2.75, 3.05) is 26.8 Å². The number of ether oxygens (including phenoxy) is 1. The zero-order chi connectivity index (χ0) is 12.0. The maximum atomic E-state index is 11.8. The van der Waals surface area contributed by atoms with Crippen molar-refractivity contribution in [3.05, 3.63) is 34.9 Å². The second kappa shape index (κ2) is 6.40. The highest BCUT2D eigenvalue weighted by molar-refractivity contribution is 5.98. The van der Waals surface area contributed by atoms with E-state index in [0.717, 1.165) is 11.1 Å². The summed E-state index contributed by atoms with van der Waals surface area (Å²) in [7, 11) is 1.65. The van der Waals surface area contributed by atoms with Crippen LogP contribution in [0.5, 0.6) is 0 Å². The minimum Gasteiger partial charge on any atom is -0.383 e. The summed E-state index contributed by atoms with van der Waals surface area (Å²) in [6, 6.07) is 5.89. The second-order valence-electron chi connectivity index (χ2n) is 3.91. The van der Waals surface area contributed by atoms with Gasteiger partial charge in [0.15, 0.2) is 5.78 Å². The van der Waals surface area contributed by atoms with Gasteiger partial charge in [0.25, 0.3) is 0 Å². The van der Waals surface area contributed by atoms with Crippen molar-refractivity contribution in [1.29, 1.82) is 0 Å². The van der Waals surface area contributed by atoms with E-state index in [9.17, 15) is 4.79 Å². The lowest BCUT2D eigenvalue weighted by molar-refractivity contribution is 0.0987. The van der Waals surface area contributed by atoms with Gasteiger partial charge in [0, 0.05) is 19.2 Å². The van der Waals surface area contributed by atoms with Crippen molar-refractivity contribution in [2.24, 2.45) is 0 Å². The molecule has 0 spiro atoms. The molecule has 88 valence electrons. The van der Waals surface area contributed by atoms with Crippen LogP contribution in [0.25, 0.3) is 0 Å². The predicted molar refractivity (Wildman–Crippen MR) is 65.0 cm³/mol. The monoisotopic (exact) mass is 221 g/mol. The average Bonchev–Trinajstić information content (AvgIpc) is 2.24. The second-order valence-corrected chi connectivity index (χ2v) is 3.91. The van der Waals surface area contributed by atoms with E-state index in [1.165, 1.54) is 5.56 Å². The summed E-state index contributed by atoms with van der Waals surface area (Å²) in [6.07, 6.45) is 0. The third-order valence-electron chi connectivity index (χ3n) is 2.45. The van der Waals surface area contributed by atoms with E-state index in [2.05, 4.69) is 5.32 Å². The van der Waals surface area contributed by atoms with E-state index in [1.54, 1.807) is 7.11 Å². The molecular formula is C13H19NO2. The molecule has 1 N–H and O–H groups in total. The Morgan fingerprint density at radius 2 is 2.12 bits per heavy atom. The smallest absolute Gasteiger partial charge is 0.176 e. The van der Waals surface area contributed by atoms with E-state index in [1.807, 2.05) is 32.0 Å². The first-order valence-electron chi connectivity index (χ1n) is 5.45. The van der Waals surface area contributed by atoms with Crippen molar-refractivity contribution >= 4 is 5.78 Å². The van der Waals surface area contributed by atoms with Crippen molar-refractivity contribution in [1.82, 2.24) is 5.32 Å². The summed E-state index contributed by atoms with van der Waals surface area (Å²) in [5.41, 5.74) is 3.02. The molecule has 0 aliphatic heterocycles. The van der Waals surface area contributed by atoms with Crippen LogP contribution in [-0.2, 0) is 4.74 Å². The van der Waals surface area contributed by atoms with Crippen LogP contribution in [-0.4, -0.2) is 32.6 Å². The highest BCUT2D eigenvalue weighted by Crippen LogP contribution is 2.10. The summed E-state index contributed by atoms with van der Waals surface area (Å²) in [5.74, 6) is 0.133. The number of methoxy groups -OCH3 is 1. The first kappa shape index (κ1) is 12.9. The van der Waals surface area contributed by atoms with Crippen molar-refractivity contribution in [2.45, 2.75) is 13.8 Å². The Kier molecular flexibility index (Phi) is 5.15. The third-order valence-corrected chi connectivity index (χ3v) is 2.45. The van der Waals surface area contributed by atoms with Crippen LogP contribution in [0.1, 0.15) is 21.5 Å². The van der Waals surface area contributed by atoms with Gasteiger partial charge >= 0.3 is 0 Å². The quantitative estimate of drug-likeness (QED) is 0.587. The summed E-state index contributed by atoms with van der Waals surface area (Å²) >= 11 is 0. The third kappa shape index (κ3) is 3.76. The van der Waals surface area contributed by atoms with Gasteiger partial charge in [-0.25, -0.2) is 0 Å². The molecule has 0 aliphatic carbocycles. The molecule has 0 saturated carbocycles. The molecule has 0 aliphatic rings. The summed E-state index contributed by atoms with van der Waals surface area (Å²) in [6.45, 7) is 5.69. The Morgan fingerprint density at radius 3 is 2.75 bits per heavy atom. The van der Waals surface area contributed by atoms with Crippen molar-refractivity contribution in [3.63, 3.8) is 0 Å². The standard InChI is InChI=1S/C13H19NO2/c1-10-4-5-12(11(2)8-10)13(15)9-14-6-7-16-3/h4-5,8,14H,6-7,9H2,1-3H3. The molecule has 3 heteroatoms. The van der Waals surface area contributed by atoms with Gasteiger partial charge in [-0.2, -0.15) is 0 Å². The molecule has 0 bridgehead atoms. The molecule has 1 aromatic rings. The zero-order valence-corrected chi connectivity index (χ0v) is 10.2. The van der Waals surface area contributed by atoms with Crippen LogP contribution in [0.4, 0.5) is 0 Å². The fourth-order valence-electron chi connectivity index (χ4n) is 1.60. The Bertz CT molecular complexity index is 361. The topological polar surface area (TPSA) is 38.3 Å². The fourth-order valence-corrected chi connectivity index (χ4v) is 1.60. The highest BCUT2D eigenvalue weighted by atomic mass is 16.5. The number of hydrogen-bond donors (Lipinski definition) is 1. The first-order valence-corrected chi connectivity index (χ1v) is 5.45. The van der Waals surface area contributed by atoms with Gasteiger partial charge in [0.2, 0.25) is 0 Å². The number of rotatable bonds is 6. The first-order chi connectivity index (χ1) is 7.65. The normalized spacial score (nSPS) is 10.4. The molecule has 0 radical (unpaired) electrons. The Balaban J connectivity index is 2.53. The molecular weight excluding hydrogens is 202 g/mol. The Hall–Kier alpha value is -1.19. The van der Waals surface area contributed by atoms with Crippen molar-refractivity contribution < 1.29 is 9.53 Å². The molecule has 0 amide bonds. The molecule has 0 atom stereocenters. The molecule has 1 aromatic carbocycles. The lowest BCUT2D eigenvalue weighted by Crippen LogP contribution is -2.26. The number of Topliss-reactive ketones (excluding diaryl/α,β-unsaturated/α-hetero) is 1. The number of carbonyl (C=O) groups excluding carboxylic acids is 1. The van der Waals surface area contributed by atoms with E-state index < -0.39 is 0 Å². The highest BCUT2D eigenvalue weighted by Gasteiger charge is 2.07. The van der Waals surface area contributed by atoms with Gasteiger partial charge in [0.1, 0.15) is 0 Å². The van der Waals surface area contributed by atoms with Gasteiger partial charge in [-0.15, -0.1) is 0 Å². The van der Waals surface area contributed by atoms with E-state index in [-0.39, 0.29) is 5.78 Å². The molecule has 16 heavy (non-hydrogen) atoms. The molecule has 0 saturated heterocycles. The maximum absolute atomic E-state index is 11.8. The molecule has 0 fully saturated rings.